The maximum atomic E-state index is 13.3. The highest BCUT2D eigenvalue weighted by atomic mass is 79.9. The maximum Gasteiger partial charge on any atom is 0.379 e. The zero-order chi connectivity index (χ0) is 12.3. The van der Waals surface area contributed by atoms with Crippen LogP contribution < -0.4 is 0 Å². The van der Waals surface area contributed by atoms with Gasteiger partial charge in [0.25, 0.3) is 5.78 Å². The van der Waals surface area contributed by atoms with E-state index < -0.39 is 23.4 Å². The van der Waals surface area contributed by atoms with Crippen LogP contribution in [0.15, 0.2) is 12.1 Å². The van der Waals surface area contributed by atoms with E-state index >= 15 is 0 Å². The molecule has 0 radical (unpaired) electrons. The van der Waals surface area contributed by atoms with Gasteiger partial charge in [-0.05, 0) is 12.1 Å². The Labute approximate surface area is 98.5 Å². The van der Waals surface area contributed by atoms with Crippen molar-refractivity contribution in [3.8, 4) is 0 Å². The Morgan fingerprint density at radius 1 is 1.38 bits per heavy atom. The van der Waals surface area contributed by atoms with Crippen LogP contribution in [0.1, 0.15) is 15.9 Å². The number of rotatable bonds is 3. The van der Waals surface area contributed by atoms with Gasteiger partial charge in [0.05, 0.1) is 7.11 Å². The molecule has 0 aliphatic carbocycles. The predicted octanol–water partition coefficient (Wildman–Crippen LogP) is 2.22. The summed E-state index contributed by atoms with van der Waals surface area (Å²) in [5, 5.41) is -0.0747. The van der Waals surface area contributed by atoms with Gasteiger partial charge in [0, 0.05) is 16.5 Å². The molecule has 3 nitrogen and oxygen atoms in total. The fourth-order valence-electron chi connectivity index (χ4n) is 1.14. The Morgan fingerprint density at radius 3 is 2.50 bits per heavy atom. The molecule has 0 fully saturated rings. The molecule has 0 amide bonds. The second-order valence-electron chi connectivity index (χ2n) is 2.84. The van der Waals surface area contributed by atoms with Gasteiger partial charge in [-0.15, -0.1) is 0 Å². The molecule has 0 heterocycles. The van der Waals surface area contributed by atoms with Crippen molar-refractivity contribution in [2.75, 3.05) is 7.11 Å². The smallest absolute Gasteiger partial charge is 0.379 e. The first-order valence-electron chi connectivity index (χ1n) is 4.18. The third kappa shape index (κ3) is 2.27. The minimum absolute atomic E-state index is 0.0747. The van der Waals surface area contributed by atoms with Gasteiger partial charge in [0.1, 0.15) is 0 Å². The first-order valence-corrected chi connectivity index (χ1v) is 5.30. The van der Waals surface area contributed by atoms with Crippen molar-refractivity contribution >= 4 is 27.7 Å². The molecule has 1 aromatic rings. The first kappa shape index (κ1) is 12.8. The molecule has 0 atom stereocenters. The quantitative estimate of drug-likeness (QED) is 0.371. The summed E-state index contributed by atoms with van der Waals surface area (Å²) in [6.07, 6.45) is 0. The minimum atomic E-state index is -1.15. The number of ketones is 1. The van der Waals surface area contributed by atoms with Gasteiger partial charge < -0.3 is 4.74 Å². The van der Waals surface area contributed by atoms with E-state index in [4.69, 9.17) is 0 Å². The van der Waals surface area contributed by atoms with Crippen molar-refractivity contribution < 1.29 is 23.1 Å². The van der Waals surface area contributed by atoms with Crippen LogP contribution in [-0.4, -0.2) is 18.9 Å². The summed E-state index contributed by atoms with van der Waals surface area (Å²) in [6, 6.07) is 1.84. The van der Waals surface area contributed by atoms with Crippen LogP contribution in [0.4, 0.5) is 8.78 Å². The Morgan fingerprint density at radius 2 is 2.00 bits per heavy atom. The number of carbonyl (C=O) groups excluding carboxylic acids is 2. The van der Waals surface area contributed by atoms with E-state index in [0.717, 1.165) is 19.2 Å². The minimum Gasteiger partial charge on any atom is -0.463 e. The first-order chi connectivity index (χ1) is 7.52. The fraction of sp³-hybridized carbons (Fsp3) is 0.200. The number of Topliss-reactive ketones (excluding diaryl/α,β-unsaturated/α-hetero) is 1. The highest BCUT2D eigenvalue weighted by Crippen LogP contribution is 2.20. The maximum absolute atomic E-state index is 13.3. The average Bonchev–Trinajstić information content (AvgIpc) is 2.30. The standard InChI is InChI=1S/C10H7BrF2O3/c1-16-10(15)9(14)5-2-3-7(12)8(13)6(5)4-11/h2-3H,4H2,1H3. The molecule has 0 unspecified atom stereocenters. The average molecular weight is 293 g/mol. The molecule has 0 saturated carbocycles. The lowest BCUT2D eigenvalue weighted by Crippen LogP contribution is -2.18. The molecule has 16 heavy (non-hydrogen) atoms. The predicted molar refractivity (Wildman–Crippen MR) is 55.3 cm³/mol. The molecule has 0 aliphatic rings. The topological polar surface area (TPSA) is 43.4 Å². The van der Waals surface area contributed by atoms with E-state index in [9.17, 15) is 18.4 Å². The molecular weight excluding hydrogens is 286 g/mol. The van der Waals surface area contributed by atoms with Crippen molar-refractivity contribution in [2.45, 2.75) is 5.33 Å². The monoisotopic (exact) mass is 292 g/mol. The van der Waals surface area contributed by atoms with Crippen LogP contribution in [0, 0.1) is 11.6 Å². The number of hydrogen-bond acceptors (Lipinski definition) is 3. The Bertz CT molecular complexity index is 446. The second kappa shape index (κ2) is 5.16. The van der Waals surface area contributed by atoms with Crippen LogP contribution in [0.2, 0.25) is 0 Å². The van der Waals surface area contributed by atoms with Gasteiger partial charge in [-0.2, -0.15) is 0 Å². The summed E-state index contributed by atoms with van der Waals surface area (Å²) in [5.74, 6) is -4.34. The third-order valence-electron chi connectivity index (χ3n) is 1.95. The van der Waals surface area contributed by atoms with Crippen LogP contribution in [-0.2, 0) is 14.9 Å². The van der Waals surface area contributed by atoms with E-state index in [1.807, 2.05) is 0 Å². The van der Waals surface area contributed by atoms with Crippen LogP contribution in [0.3, 0.4) is 0 Å². The zero-order valence-electron chi connectivity index (χ0n) is 8.22. The zero-order valence-corrected chi connectivity index (χ0v) is 9.81. The lowest BCUT2D eigenvalue weighted by molar-refractivity contribution is -0.135. The van der Waals surface area contributed by atoms with Gasteiger partial charge in [-0.25, -0.2) is 13.6 Å². The molecule has 0 saturated heterocycles. The summed E-state index contributed by atoms with van der Waals surface area (Å²) in [6.45, 7) is 0. The van der Waals surface area contributed by atoms with Crippen molar-refractivity contribution in [1.29, 1.82) is 0 Å². The van der Waals surface area contributed by atoms with Gasteiger partial charge in [-0.3, -0.25) is 4.79 Å². The highest BCUT2D eigenvalue weighted by molar-refractivity contribution is 9.08. The number of carbonyl (C=O) groups is 2. The van der Waals surface area contributed by atoms with Crippen LogP contribution in [0.25, 0.3) is 0 Å². The lowest BCUT2D eigenvalue weighted by Gasteiger charge is -2.06. The lowest BCUT2D eigenvalue weighted by atomic mass is 10.0. The molecule has 0 N–H and O–H groups in total. The third-order valence-corrected chi connectivity index (χ3v) is 2.51. The largest absolute Gasteiger partial charge is 0.463 e. The van der Waals surface area contributed by atoms with E-state index in [1.54, 1.807) is 0 Å². The van der Waals surface area contributed by atoms with E-state index in [0.29, 0.717) is 0 Å². The fourth-order valence-corrected chi connectivity index (χ4v) is 1.69. The number of halogens is 3. The Hall–Kier alpha value is -1.30. The molecule has 1 rings (SSSR count). The summed E-state index contributed by atoms with van der Waals surface area (Å²) < 4.78 is 30.4. The van der Waals surface area contributed by atoms with Crippen molar-refractivity contribution in [3.63, 3.8) is 0 Å². The molecule has 0 aliphatic heterocycles. The molecule has 1 aromatic carbocycles. The van der Waals surface area contributed by atoms with Crippen LogP contribution in [0.5, 0.6) is 0 Å². The van der Waals surface area contributed by atoms with E-state index in [2.05, 4.69) is 20.7 Å². The number of esters is 1. The number of ether oxygens (including phenoxy) is 1. The Balaban J connectivity index is 3.29. The molecule has 0 bridgehead atoms. The summed E-state index contributed by atoms with van der Waals surface area (Å²) in [4.78, 5) is 22.4. The van der Waals surface area contributed by atoms with Crippen molar-refractivity contribution in [3.05, 3.63) is 34.9 Å². The summed E-state index contributed by atoms with van der Waals surface area (Å²) in [5.41, 5.74) is -0.405. The van der Waals surface area contributed by atoms with E-state index in [1.165, 1.54) is 0 Å². The van der Waals surface area contributed by atoms with Gasteiger partial charge in [0.2, 0.25) is 0 Å². The summed E-state index contributed by atoms with van der Waals surface area (Å²) in [7, 11) is 1.04. The second-order valence-corrected chi connectivity index (χ2v) is 3.40. The van der Waals surface area contributed by atoms with E-state index in [-0.39, 0.29) is 16.5 Å². The van der Waals surface area contributed by atoms with Crippen LogP contribution >= 0.6 is 15.9 Å². The van der Waals surface area contributed by atoms with Crippen molar-refractivity contribution in [2.24, 2.45) is 0 Å². The normalized spacial score (nSPS) is 10.0. The molecular formula is C10H7BrF2O3. The van der Waals surface area contributed by atoms with Crippen molar-refractivity contribution in [1.82, 2.24) is 0 Å². The molecule has 86 valence electrons. The Kier molecular flexibility index (Phi) is 4.12. The molecule has 6 heteroatoms. The number of benzene rings is 1. The number of methoxy groups -OCH3 is 1. The number of alkyl halides is 1. The SMILES string of the molecule is COC(=O)C(=O)c1ccc(F)c(F)c1CBr. The van der Waals surface area contributed by atoms with Gasteiger partial charge in [0.15, 0.2) is 11.6 Å². The molecule has 0 aromatic heterocycles. The highest BCUT2D eigenvalue weighted by Gasteiger charge is 2.23. The van der Waals surface area contributed by atoms with Gasteiger partial charge in [-0.1, -0.05) is 15.9 Å². The molecule has 0 spiro atoms. The van der Waals surface area contributed by atoms with Gasteiger partial charge >= 0.3 is 5.97 Å². The summed E-state index contributed by atoms with van der Waals surface area (Å²) >= 11 is 2.92. The number of hydrogen-bond donors (Lipinski definition) is 0.